The molecule has 4 atom stereocenters. The highest BCUT2D eigenvalue weighted by molar-refractivity contribution is 4.79. The molecule has 2 aliphatic rings. The number of methoxy groups -OCH3 is 1. The molecular weight excluding hydrogens is 434 g/mol. The molecule has 4 unspecified atom stereocenters. The first kappa shape index (κ1) is 39.4. The van der Waals surface area contributed by atoms with Gasteiger partial charge in [0.15, 0.2) is 0 Å². The van der Waals surface area contributed by atoms with E-state index in [1.165, 1.54) is 45.1 Å². The minimum Gasteiger partial charge on any atom is -0.400 e. The van der Waals surface area contributed by atoms with Crippen molar-refractivity contribution in [1.82, 2.24) is 4.90 Å². The summed E-state index contributed by atoms with van der Waals surface area (Å²) in [5, 5.41) is 16.1. The molecule has 0 aromatic heterocycles. The van der Waals surface area contributed by atoms with Gasteiger partial charge in [0.05, 0.1) is 0 Å². The van der Waals surface area contributed by atoms with Gasteiger partial charge in [0.25, 0.3) is 0 Å². The van der Waals surface area contributed by atoms with Crippen LogP contribution >= 0.6 is 0 Å². The third-order valence-electron chi connectivity index (χ3n) is 7.51. The van der Waals surface area contributed by atoms with Gasteiger partial charge in [-0.3, -0.25) is 0 Å². The number of piperidine rings is 1. The van der Waals surface area contributed by atoms with Crippen molar-refractivity contribution < 1.29 is 14.9 Å². The van der Waals surface area contributed by atoms with Crippen molar-refractivity contribution in [3.8, 4) is 0 Å². The average molecular weight is 504 g/mol. The lowest BCUT2D eigenvalue weighted by Gasteiger charge is -2.36. The van der Waals surface area contributed by atoms with E-state index in [-0.39, 0.29) is 0 Å². The van der Waals surface area contributed by atoms with Gasteiger partial charge in [-0.15, -0.1) is 0 Å². The van der Waals surface area contributed by atoms with Crippen LogP contribution in [0.5, 0.6) is 0 Å². The van der Waals surface area contributed by atoms with Gasteiger partial charge in [-0.2, -0.15) is 0 Å². The first-order valence-electron chi connectivity index (χ1n) is 14.6. The summed E-state index contributed by atoms with van der Waals surface area (Å²) >= 11 is 0. The maximum Gasteiger partial charge on any atom is 0.0490 e. The average Bonchev–Trinajstić information content (AvgIpc) is 3.30. The van der Waals surface area contributed by atoms with E-state index in [2.05, 4.69) is 81.2 Å². The topological polar surface area (TPSA) is 52.9 Å². The Morgan fingerprint density at radius 2 is 1.17 bits per heavy atom. The van der Waals surface area contributed by atoms with Crippen molar-refractivity contribution in [2.24, 2.45) is 47.3 Å². The number of hydrogen-bond donors (Lipinski definition) is 2. The molecule has 1 saturated carbocycles. The van der Waals surface area contributed by atoms with E-state index in [0.717, 1.165) is 61.7 Å². The predicted molar refractivity (Wildman–Crippen MR) is 157 cm³/mol. The fraction of sp³-hybridized carbons (Fsp3) is 1.00. The summed E-state index contributed by atoms with van der Waals surface area (Å²) in [5.41, 5.74) is 0. The van der Waals surface area contributed by atoms with Crippen molar-refractivity contribution in [3.63, 3.8) is 0 Å². The minimum absolute atomic E-state index is 0.355. The van der Waals surface area contributed by atoms with E-state index in [0.29, 0.717) is 12.5 Å². The molecule has 35 heavy (non-hydrogen) atoms. The lowest BCUT2D eigenvalue weighted by atomic mass is 9.83. The Labute approximate surface area is 222 Å². The fourth-order valence-electron chi connectivity index (χ4n) is 4.21. The Balaban J connectivity index is -0.000000409. The van der Waals surface area contributed by atoms with Gasteiger partial charge in [0, 0.05) is 40.5 Å². The molecule has 0 amide bonds. The Hall–Kier alpha value is -0.160. The van der Waals surface area contributed by atoms with Gasteiger partial charge in [-0.25, -0.2) is 0 Å². The molecule has 1 aliphatic carbocycles. The lowest BCUT2D eigenvalue weighted by Crippen LogP contribution is -2.40. The molecule has 2 rings (SSSR count). The lowest BCUT2D eigenvalue weighted by molar-refractivity contribution is 0.0832. The van der Waals surface area contributed by atoms with Crippen LogP contribution in [0.15, 0.2) is 0 Å². The molecular formula is C31H69NO3. The summed E-state index contributed by atoms with van der Waals surface area (Å²) < 4.78 is 5.15. The predicted octanol–water partition coefficient (Wildman–Crippen LogP) is 7.62. The van der Waals surface area contributed by atoms with E-state index in [1.54, 1.807) is 0 Å². The number of likely N-dealkylation sites (tertiary alicyclic amines) is 1. The van der Waals surface area contributed by atoms with Crippen LogP contribution in [0.2, 0.25) is 0 Å². The summed E-state index contributed by atoms with van der Waals surface area (Å²) in [6, 6.07) is 0. The molecule has 0 radical (unpaired) electrons. The quantitative estimate of drug-likeness (QED) is 0.375. The molecule has 1 aliphatic heterocycles. The Morgan fingerprint density at radius 1 is 0.743 bits per heavy atom. The second-order valence-corrected chi connectivity index (χ2v) is 12.3. The van der Waals surface area contributed by atoms with Gasteiger partial charge in [0.2, 0.25) is 0 Å². The van der Waals surface area contributed by atoms with E-state index < -0.39 is 0 Å². The normalized spacial score (nSPS) is 24.1. The molecule has 2 fully saturated rings. The third kappa shape index (κ3) is 24.0. The highest BCUT2D eigenvalue weighted by Crippen LogP contribution is 2.35. The third-order valence-corrected chi connectivity index (χ3v) is 7.51. The molecule has 2 N–H and O–H groups in total. The molecule has 4 nitrogen and oxygen atoms in total. The number of hydrogen-bond acceptors (Lipinski definition) is 4. The number of nitrogens with zero attached hydrogens (tertiary/aromatic N) is 1. The van der Waals surface area contributed by atoms with Gasteiger partial charge < -0.3 is 19.8 Å². The molecule has 1 heterocycles. The maximum absolute atomic E-state index is 9.08. The zero-order valence-corrected chi connectivity index (χ0v) is 26.4. The van der Waals surface area contributed by atoms with Crippen molar-refractivity contribution >= 4 is 0 Å². The van der Waals surface area contributed by atoms with Gasteiger partial charge in [0.1, 0.15) is 0 Å². The van der Waals surface area contributed by atoms with Crippen LogP contribution in [-0.2, 0) is 4.74 Å². The largest absolute Gasteiger partial charge is 0.400 e. The summed E-state index contributed by atoms with van der Waals surface area (Å²) in [5.74, 6) is 6.50. The Bertz CT molecular complexity index is 404. The highest BCUT2D eigenvalue weighted by atomic mass is 16.5. The first-order chi connectivity index (χ1) is 16.4. The monoisotopic (exact) mass is 504 g/mol. The van der Waals surface area contributed by atoms with Crippen LogP contribution in [0, 0.1) is 47.3 Å². The van der Waals surface area contributed by atoms with Crippen LogP contribution in [0.4, 0.5) is 0 Å². The molecule has 0 spiro atoms. The van der Waals surface area contributed by atoms with Crippen molar-refractivity contribution in [1.29, 1.82) is 0 Å². The molecule has 0 aromatic rings. The molecule has 0 aromatic carbocycles. The second-order valence-electron chi connectivity index (χ2n) is 12.3. The van der Waals surface area contributed by atoms with E-state index >= 15 is 0 Å². The van der Waals surface area contributed by atoms with Crippen LogP contribution in [-0.4, -0.2) is 62.7 Å². The van der Waals surface area contributed by atoms with Gasteiger partial charge >= 0.3 is 0 Å². The van der Waals surface area contributed by atoms with Gasteiger partial charge in [-0.1, -0.05) is 82.1 Å². The van der Waals surface area contributed by atoms with Crippen molar-refractivity contribution in [2.75, 3.05) is 47.6 Å². The van der Waals surface area contributed by atoms with Crippen molar-refractivity contribution in [3.05, 3.63) is 0 Å². The smallest absolute Gasteiger partial charge is 0.0490 e. The number of aliphatic hydroxyl groups is 2. The van der Waals surface area contributed by atoms with Gasteiger partial charge in [-0.05, 0) is 80.1 Å². The Kier molecular flexibility index (Phi) is 28.7. The van der Waals surface area contributed by atoms with Crippen LogP contribution in [0.1, 0.15) is 108 Å². The van der Waals surface area contributed by atoms with Crippen LogP contribution in [0.3, 0.4) is 0 Å². The summed E-state index contributed by atoms with van der Waals surface area (Å²) in [4.78, 5) is 2.34. The van der Waals surface area contributed by atoms with E-state index in [4.69, 9.17) is 14.9 Å². The molecule has 216 valence electrons. The number of ether oxygens (including phenoxy) is 1. The summed E-state index contributed by atoms with van der Waals surface area (Å²) in [6.07, 6.45) is 8.02. The van der Waals surface area contributed by atoms with Crippen LogP contribution < -0.4 is 0 Å². The zero-order chi connectivity index (χ0) is 28.0. The molecule has 0 bridgehead atoms. The summed E-state index contributed by atoms with van der Waals surface area (Å²) in [7, 11) is 4.96. The van der Waals surface area contributed by atoms with E-state index in [9.17, 15) is 0 Å². The minimum atomic E-state index is 0.355. The second kappa shape index (κ2) is 25.5. The SMILES string of the molecule is CC(C)C1CC(CO)CN(C)C1.CCC(C)C.CCC(C)C.CO.COCC1CCC(C(C)C)C1. The molecule has 4 heteroatoms. The first-order valence-corrected chi connectivity index (χ1v) is 14.6. The Morgan fingerprint density at radius 3 is 1.49 bits per heavy atom. The highest BCUT2D eigenvalue weighted by Gasteiger charge is 2.27. The standard InChI is InChI=1S/C10H21NO.C10H20O.2C5H12.CH4O/c1-8(2)10-4-9(7-12)5-11(3)6-10;1-8(2)10-5-4-9(6-10)7-11-3;2*1-4-5(2)3;1-2/h8-10,12H,4-7H2,1-3H3;8-10H,4-7H2,1-3H3;2*5H,4H2,1-3H3;2H,1H3. The summed E-state index contributed by atoms with van der Waals surface area (Å²) in [6.45, 7) is 26.1. The zero-order valence-electron chi connectivity index (χ0n) is 26.4. The van der Waals surface area contributed by atoms with E-state index in [1.807, 2.05) is 7.11 Å². The fourth-order valence-corrected chi connectivity index (χ4v) is 4.21. The van der Waals surface area contributed by atoms with Crippen molar-refractivity contribution in [2.45, 2.75) is 108 Å². The maximum atomic E-state index is 9.08. The van der Waals surface area contributed by atoms with Crippen LogP contribution in [0.25, 0.3) is 0 Å². The number of aliphatic hydroxyl groups excluding tert-OH is 2. The molecule has 1 saturated heterocycles. The number of rotatable bonds is 7.